The lowest BCUT2D eigenvalue weighted by atomic mass is 8.94. The molecular formula is C27H20BrNO3. The second kappa shape index (κ2) is 5.12. The summed E-state index contributed by atoms with van der Waals surface area (Å²) in [6.07, 6.45) is 0. The summed E-state index contributed by atoms with van der Waals surface area (Å²) < 4.78 is 0.950. The Morgan fingerprint density at radius 1 is 0.938 bits per heavy atom. The van der Waals surface area contributed by atoms with Crippen LogP contribution in [0.2, 0.25) is 0 Å². The fourth-order valence-corrected chi connectivity index (χ4v) is 9.51. The maximum atomic E-state index is 13.8. The Kier molecular flexibility index (Phi) is 2.85. The van der Waals surface area contributed by atoms with Crippen molar-refractivity contribution in [3.05, 3.63) is 70.2 Å². The number of fused-ring (bicyclic) bond motifs is 1. The molecule has 2 N–H and O–H groups in total. The van der Waals surface area contributed by atoms with E-state index >= 15 is 0 Å². The van der Waals surface area contributed by atoms with Crippen LogP contribution < -0.4 is 5.32 Å². The summed E-state index contributed by atoms with van der Waals surface area (Å²) in [7, 11) is 0. The van der Waals surface area contributed by atoms with Crippen LogP contribution in [0.25, 0.3) is 21.9 Å². The number of amides is 1. The van der Waals surface area contributed by atoms with Crippen molar-refractivity contribution < 1.29 is 14.7 Å². The van der Waals surface area contributed by atoms with Gasteiger partial charge in [-0.3, -0.25) is 9.59 Å². The Bertz CT molecular complexity index is 1370. The molecule has 6 aliphatic rings. The van der Waals surface area contributed by atoms with Gasteiger partial charge in [-0.1, -0.05) is 52.3 Å². The summed E-state index contributed by atoms with van der Waals surface area (Å²) in [6, 6.07) is 18.5. The number of carboxylic acid groups (broad SMARTS) is 1. The molecular weight excluding hydrogens is 466 g/mol. The van der Waals surface area contributed by atoms with E-state index in [9.17, 15) is 14.7 Å². The SMILES string of the molecule is Cc1c(-c2ccccc2)cc2ccc(Br)cc2c1C(=O)NC12C3C4C1C1C2C3C41C(=O)O. The van der Waals surface area contributed by atoms with Crippen LogP contribution in [0.5, 0.6) is 0 Å². The van der Waals surface area contributed by atoms with Gasteiger partial charge in [0.05, 0.1) is 16.5 Å². The molecule has 1 amide bonds. The standard InChI is InChI=1S/C27H20BrNO3/c1-11-15(12-5-3-2-4-6-12)9-13-7-8-14(28)10-16(13)17(11)24(30)29-27-21-18-22(27)20-23(27)19(21)26(18,20)25(31)32/h2-10,18-23H,1H3,(H,29,30)(H,31,32). The van der Waals surface area contributed by atoms with Gasteiger partial charge in [0.25, 0.3) is 5.91 Å². The van der Waals surface area contributed by atoms with Gasteiger partial charge in [-0.2, -0.15) is 0 Å². The van der Waals surface area contributed by atoms with Crippen molar-refractivity contribution in [1.82, 2.24) is 5.32 Å². The van der Waals surface area contributed by atoms with Gasteiger partial charge in [-0.05, 0) is 88.1 Å². The van der Waals surface area contributed by atoms with Crippen LogP contribution >= 0.6 is 15.9 Å². The molecule has 0 aliphatic heterocycles. The van der Waals surface area contributed by atoms with Crippen molar-refractivity contribution in [3.63, 3.8) is 0 Å². The minimum Gasteiger partial charge on any atom is -0.481 e. The van der Waals surface area contributed by atoms with Crippen molar-refractivity contribution in [1.29, 1.82) is 0 Å². The lowest BCUT2D eigenvalue weighted by Crippen LogP contribution is -3.16. The first-order valence-electron chi connectivity index (χ1n) is 11.3. The highest BCUT2D eigenvalue weighted by atomic mass is 79.9. The predicted molar refractivity (Wildman–Crippen MR) is 123 cm³/mol. The number of hydrogen-bond acceptors (Lipinski definition) is 2. The number of carbonyl (C=O) groups excluding carboxylic acids is 1. The fourth-order valence-electron chi connectivity index (χ4n) is 9.15. The molecule has 6 aliphatic carbocycles. The van der Waals surface area contributed by atoms with Gasteiger partial charge in [0, 0.05) is 4.47 Å². The summed E-state index contributed by atoms with van der Waals surface area (Å²) in [4.78, 5) is 25.7. The third kappa shape index (κ3) is 1.48. The molecule has 32 heavy (non-hydrogen) atoms. The fraction of sp³-hybridized carbons (Fsp3) is 0.333. The average Bonchev–Trinajstić information content (AvgIpc) is 2.79. The van der Waals surface area contributed by atoms with E-state index in [0.717, 1.165) is 37.5 Å². The van der Waals surface area contributed by atoms with Crippen LogP contribution in [0.15, 0.2) is 59.1 Å². The van der Waals surface area contributed by atoms with Crippen LogP contribution in [-0.4, -0.2) is 22.5 Å². The normalized spacial score (nSPS) is 40.2. The molecule has 0 heterocycles. The van der Waals surface area contributed by atoms with Crippen molar-refractivity contribution in [2.75, 3.05) is 0 Å². The smallest absolute Gasteiger partial charge is 0.310 e. The number of carbonyl (C=O) groups is 2. The largest absolute Gasteiger partial charge is 0.481 e. The lowest BCUT2D eigenvalue weighted by Gasteiger charge is -3.09. The molecule has 3 aromatic carbocycles. The predicted octanol–water partition coefficient (Wildman–Crippen LogP) is 4.88. The Hall–Kier alpha value is -2.66. The van der Waals surface area contributed by atoms with Crippen molar-refractivity contribution in [3.8, 4) is 11.1 Å². The zero-order chi connectivity index (χ0) is 21.7. The third-order valence-electron chi connectivity index (χ3n) is 10.0. The van der Waals surface area contributed by atoms with Crippen LogP contribution in [0.1, 0.15) is 15.9 Å². The Balaban J connectivity index is 1.22. The molecule has 9 rings (SSSR count). The second-order valence-corrected chi connectivity index (χ2v) is 11.4. The Morgan fingerprint density at radius 2 is 1.59 bits per heavy atom. The summed E-state index contributed by atoms with van der Waals surface area (Å²) in [6.45, 7) is 2.04. The van der Waals surface area contributed by atoms with E-state index in [-0.39, 0.29) is 11.4 Å². The molecule has 0 unspecified atom stereocenters. The van der Waals surface area contributed by atoms with E-state index in [1.165, 1.54) is 0 Å². The quantitative estimate of drug-likeness (QED) is 0.553. The van der Waals surface area contributed by atoms with Crippen molar-refractivity contribution in [2.45, 2.75) is 12.5 Å². The molecule has 0 saturated heterocycles. The molecule has 3 aromatic rings. The highest BCUT2D eigenvalue weighted by Crippen LogP contribution is 3.06. The molecule has 0 bridgehead atoms. The van der Waals surface area contributed by atoms with Gasteiger partial charge in [-0.15, -0.1) is 0 Å². The van der Waals surface area contributed by atoms with E-state index in [0.29, 0.717) is 35.5 Å². The molecule has 0 atom stereocenters. The van der Waals surface area contributed by atoms with E-state index in [1.807, 2.05) is 37.3 Å². The summed E-state index contributed by atoms with van der Waals surface area (Å²) in [5, 5.41) is 15.2. The summed E-state index contributed by atoms with van der Waals surface area (Å²) in [5.41, 5.74) is 3.37. The number of carboxylic acids is 1. The molecule has 6 saturated carbocycles. The molecule has 6 fully saturated rings. The number of benzene rings is 3. The number of halogens is 1. The van der Waals surface area contributed by atoms with E-state index < -0.39 is 11.4 Å². The first-order valence-corrected chi connectivity index (χ1v) is 12.1. The van der Waals surface area contributed by atoms with Crippen molar-refractivity contribution in [2.24, 2.45) is 40.9 Å². The molecule has 5 heteroatoms. The minimum absolute atomic E-state index is 0.0107. The Labute approximate surface area is 193 Å². The van der Waals surface area contributed by atoms with Gasteiger partial charge in [0.1, 0.15) is 0 Å². The first kappa shape index (κ1) is 17.8. The maximum Gasteiger partial charge on any atom is 0.310 e. The van der Waals surface area contributed by atoms with E-state index in [2.05, 4.69) is 45.5 Å². The highest BCUT2D eigenvalue weighted by molar-refractivity contribution is 9.10. The van der Waals surface area contributed by atoms with Crippen molar-refractivity contribution >= 4 is 38.6 Å². The molecule has 158 valence electrons. The van der Waals surface area contributed by atoms with Crippen LogP contribution in [0, 0.1) is 47.8 Å². The summed E-state index contributed by atoms with van der Waals surface area (Å²) in [5.74, 6) is 1.48. The number of nitrogens with one attached hydrogen (secondary N) is 1. The highest BCUT2D eigenvalue weighted by Gasteiger charge is 3.12. The van der Waals surface area contributed by atoms with Gasteiger partial charge < -0.3 is 10.4 Å². The van der Waals surface area contributed by atoms with Gasteiger partial charge in [0.2, 0.25) is 0 Å². The van der Waals surface area contributed by atoms with Gasteiger partial charge in [0.15, 0.2) is 0 Å². The first-order chi connectivity index (χ1) is 15.4. The number of aliphatic carboxylic acids is 1. The molecule has 0 aromatic heterocycles. The van der Waals surface area contributed by atoms with Crippen LogP contribution in [0.4, 0.5) is 0 Å². The molecule has 0 spiro atoms. The monoisotopic (exact) mass is 485 g/mol. The van der Waals surface area contributed by atoms with Gasteiger partial charge in [-0.25, -0.2) is 0 Å². The third-order valence-corrected chi connectivity index (χ3v) is 10.5. The maximum absolute atomic E-state index is 13.8. The van der Waals surface area contributed by atoms with E-state index in [1.54, 1.807) is 0 Å². The minimum atomic E-state index is -0.594. The number of hydrogen-bond donors (Lipinski definition) is 2. The average molecular weight is 486 g/mol. The lowest BCUT2D eigenvalue weighted by molar-refractivity contribution is -0.609. The Morgan fingerprint density at radius 3 is 2.22 bits per heavy atom. The van der Waals surface area contributed by atoms with Crippen LogP contribution in [0.3, 0.4) is 0 Å². The van der Waals surface area contributed by atoms with E-state index in [4.69, 9.17) is 0 Å². The topological polar surface area (TPSA) is 66.4 Å². The van der Waals surface area contributed by atoms with Crippen LogP contribution in [-0.2, 0) is 4.79 Å². The zero-order valence-electron chi connectivity index (χ0n) is 17.3. The molecule has 4 nitrogen and oxygen atoms in total. The second-order valence-electron chi connectivity index (χ2n) is 10.4. The number of rotatable bonds is 4. The van der Waals surface area contributed by atoms with Gasteiger partial charge >= 0.3 is 5.97 Å². The summed E-state index contributed by atoms with van der Waals surface area (Å²) >= 11 is 3.58. The zero-order valence-corrected chi connectivity index (χ0v) is 18.9. The molecule has 0 radical (unpaired) electrons.